The Hall–Kier alpha value is -2.08. The monoisotopic (exact) mass is 292 g/mol. The van der Waals surface area contributed by atoms with Crippen LogP contribution in [0.3, 0.4) is 0 Å². The number of aromatic nitrogens is 1. The van der Waals surface area contributed by atoms with Crippen LogP contribution in [0.2, 0.25) is 0 Å². The van der Waals surface area contributed by atoms with Gasteiger partial charge >= 0.3 is 0 Å². The Morgan fingerprint density at radius 1 is 1.38 bits per heavy atom. The largest absolute Gasteiger partial charge is 0.461 e. The van der Waals surface area contributed by atoms with Crippen LogP contribution in [0.1, 0.15) is 37.2 Å². The summed E-state index contributed by atoms with van der Waals surface area (Å²) in [4.78, 5) is 12.0. The van der Waals surface area contributed by atoms with E-state index in [1.54, 1.807) is 12.1 Å². The van der Waals surface area contributed by atoms with Crippen LogP contribution in [-0.4, -0.2) is 28.8 Å². The number of nitrogens with zero attached hydrogens (tertiary/aromatic N) is 1. The molecule has 2 aromatic rings. The second kappa shape index (κ2) is 7.08. The lowest BCUT2D eigenvalue weighted by molar-refractivity contribution is 0.0810. The number of hydrogen-bond acceptors (Lipinski definition) is 5. The maximum absolute atomic E-state index is 12.0. The molecule has 6 nitrogen and oxygen atoms in total. The van der Waals surface area contributed by atoms with E-state index in [-0.39, 0.29) is 24.1 Å². The summed E-state index contributed by atoms with van der Waals surface area (Å²) in [6.45, 7) is 4.24. The second-order valence-electron chi connectivity index (χ2n) is 4.91. The molecule has 0 saturated heterocycles. The fourth-order valence-corrected chi connectivity index (χ4v) is 2.20. The Balaban J connectivity index is 1.92. The smallest absolute Gasteiger partial charge is 0.273 e. The van der Waals surface area contributed by atoms with Crippen LogP contribution in [0.25, 0.3) is 11.5 Å². The Labute approximate surface area is 123 Å². The lowest BCUT2D eigenvalue weighted by atomic mass is 9.96. The predicted molar refractivity (Wildman–Crippen MR) is 76.6 cm³/mol. The molecule has 1 unspecified atom stereocenters. The number of furan rings is 1. The molecule has 1 atom stereocenters. The minimum absolute atomic E-state index is 0.165. The predicted octanol–water partition coefficient (Wildman–Crippen LogP) is 2.46. The molecule has 0 aromatic carbocycles. The molecular formula is C15H20N2O4. The van der Waals surface area contributed by atoms with Crippen LogP contribution >= 0.6 is 0 Å². The molecule has 2 heterocycles. The molecular weight excluding hydrogens is 272 g/mol. The van der Waals surface area contributed by atoms with E-state index in [0.29, 0.717) is 11.5 Å². The van der Waals surface area contributed by atoms with Crippen LogP contribution in [0.5, 0.6) is 0 Å². The van der Waals surface area contributed by atoms with Crippen LogP contribution in [0.4, 0.5) is 0 Å². The molecule has 0 aliphatic heterocycles. The number of carbonyl (C=O) groups is 1. The third-order valence-corrected chi connectivity index (χ3v) is 3.57. The maximum atomic E-state index is 12.0. The first-order chi connectivity index (χ1) is 10.2. The van der Waals surface area contributed by atoms with E-state index in [0.717, 1.165) is 12.8 Å². The molecule has 0 fully saturated rings. The van der Waals surface area contributed by atoms with Gasteiger partial charge in [0.15, 0.2) is 11.5 Å². The fourth-order valence-electron chi connectivity index (χ4n) is 2.20. The van der Waals surface area contributed by atoms with Crippen molar-refractivity contribution in [1.82, 2.24) is 10.5 Å². The first-order valence-electron chi connectivity index (χ1n) is 7.12. The molecule has 2 rings (SSSR count). The van der Waals surface area contributed by atoms with Gasteiger partial charge in [0.2, 0.25) is 5.76 Å². The summed E-state index contributed by atoms with van der Waals surface area (Å²) < 4.78 is 10.2. The van der Waals surface area contributed by atoms with Crippen molar-refractivity contribution in [3.05, 3.63) is 30.2 Å². The zero-order valence-electron chi connectivity index (χ0n) is 12.2. The van der Waals surface area contributed by atoms with Crippen molar-refractivity contribution in [2.24, 2.45) is 5.92 Å². The number of amides is 1. The standard InChI is InChI=1S/C15H20N2O4/c1-3-10(4-2)12(18)9-16-15(19)11-8-14(21-17-11)13-6-5-7-20-13/h5-8,10,12,18H,3-4,9H2,1-2H3,(H,16,19). The van der Waals surface area contributed by atoms with Gasteiger partial charge in [-0.25, -0.2) is 0 Å². The van der Waals surface area contributed by atoms with Gasteiger partial charge in [0.25, 0.3) is 5.91 Å². The Morgan fingerprint density at radius 3 is 2.76 bits per heavy atom. The van der Waals surface area contributed by atoms with Crippen molar-refractivity contribution in [3.8, 4) is 11.5 Å². The molecule has 0 spiro atoms. The quantitative estimate of drug-likeness (QED) is 0.818. The highest BCUT2D eigenvalue weighted by Crippen LogP contribution is 2.20. The summed E-state index contributed by atoms with van der Waals surface area (Å²) in [5.41, 5.74) is 0.165. The van der Waals surface area contributed by atoms with Crippen LogP contribution in [0.15, 0.2) is 33.4 Å². The summed E-state index contributed by atoms with van der Waals surface area (Å²) >= 11 is 0. The lowest BCUT2D eigenvalue weighted by Crippen LogP contribution is -2.36. The highest BCUT2D eigenvalue weighted by molar-refractivity contribution is 5.92. The summed E-state index contributed by atoms with van der Waals surface area (Å²) in [6, 6.07) is 4.96. The van der Waals surface area contributed by atoms with Crippen LogP contribution in [0, 0.1) is 5.92 Å². The number of rotatable bonds is 7. The molecule has 114 valence electrons. The summed E-state index contributed by atoms with van der Waals surface area (Å²) in [7, 11) is 0. The zero-order valence-corrected chi connectivity index (χ0v) is 12.2. The van der Waals surface area contributed by atoms with E-state index in [1.165, 1.54) is 12.3 Å². The number of nitrogens with one attached hydrogen (secondary N) is 1. The van der Waals surface area contributed by atoms with Gasteiger partial charge in [-0.05, 0) is 18.1 Å². The van der Waals surface area contributed by atoms with Crippen molar-refractivity contribution < 1.29 is 18.8 Å². The van der Waals surface area contributed by atoms with E-state index >= 15 is 0 Å². The summed E-state index contributed by atoms with van der Waals surface area (Å²) in [6.07, 6.45) is 2.71. The van der Waals surface area contributed by atoms with Crippen molar-refractivity contribution in [1.29, 1.82) is 0 Å². The highest BCUT2D eigenvalue weighted by atomic mass is 16.5. The van der Waals surface area contributed by atoms with Gasteiger partial charge in [-0.2, -0.15) is 0 Å². The molecule has 0 radical (unpaired) electrons. The van der Waals surface area contributed by atoms with E-state index < -0.39 is 6.10 Å². The lowest BCUT2D eigenvalue weighted by Gasteiger charge is -2.19. The van der Waals surface area contributed by atoms with Crippen LogP contribution in [-0.2, 0) is 0 Å². The SMILES string of the molecule is CCC(CC)C(O)CNC(=O)c1cc(-c2ccco2)on1. The molecule has 2 N–H and O–H groups in total. The second-order valence-corrected chi connectivity index (χ2v) is 4.91. The molecule has 6 heteroatoms. The molecule has 0 saturated carbocycles. The molecule has 0 aliphatic carbocycles. The van der Waals surface area contributed by atoms with Gasteiger partial charge in [0.1, 0.15) is 0 Å². The molecule has 0 aliphatic rings. The Morgan fingerprint density at radius 2 is 2.14 bits per heavy atom. The van der Waals surface area contributed by atoms with E-state index in [1.807, 2.05) is 13.8 Å². The third kappa shape index (κ3) is 3.72. The first-order valence-corrected chi connectivity index (χ1v) is 7.12. The topological polar surface area (TPSA) is 88.5 Å². The number of carbonyl (C=O) groups excluding carboxylic acids is 1. The number of hydrogen-bond donors (Lipinski definition) is 2. The minimum atomic E-state index is -0.555. The number of aliphatic hydroxyl groups excluding tert-OH is 1. The molecule has 2 aromatic heterocycles. The highest BCUT2D eigenvalue weighted by Gasteiger charge is 2.19. The van der Waals surface area contributed by atoms with Gasteiger partial charge in [0.05, 0.1) is 12.4 Å². The van der Waals surface area contributed by atoms with Crippen molar-refractivity contribution in [3.63, 3.8) is 0 Å². The average molecular weight is 292 g/mol. The normalized spacial score (nSPS) is 12.6. The van der Waals surface area contributed by atoms with E-state index in [2.05, 4.69) is 10.5 Å². The zero-order chi connectivity index (χ0) is 15.2. The van der Waals surface area contributed by atoms with Gasteiger partial charge in [-0.15, -0.1) is 0 Å². The Kier molecular flexibility index (Phi) is 5.16. The van der Waals surface area contributed by atoms with Gasteiger partial charge in [0, 0.05) is 12.6 Å². The van der Waals surface area contributed by atoms with Gasteiger partial charge in [-0.3, -0.25) is 4.79 Å². The van der Waals surface area contributed by atoms with Crippen LogP contribution < -0.4 is 5.32 Å². The average Bonchev–Trinajstić information content (AvgIpc) is 3.16. The van der Waals surface area contributed by atoms with Gasteiger partial charge in [-0.1, -0.05) is 31.8 Å². The van der Waals surface area contributed by atoms with Gasteiger partial charge < -0.3 is 19.4 Å². The maximum Gasteiger partial charge on any atom is 0.273 e. The summed E-state index contributed by atoms with van der Waals surface area (Å²) in [5.74, 6) is 0.715. The van der Waals surface area contributed by atoms with E-state index in [4.69, 9.17) is 8.94 Å². The van der Waals surface area contributed by atoms with Crippen molar-refractivity contribution in [2.75, 3.05) is 6.54 Å². The Bertz CT molecular complexity index is 558. The third-order valence-electron chi connectivity index (χ3n) is 3.57. The molecule has 21 heavy (non-hydrogen) atoms. The van der Waals surface area contributed by atoms with Crippen molar-refractivity contribution >= 4 is 5.91 Å². The number of aliphatic hydroxyl groups is 1. The van der Waals surface area contributed by atoms with E-state index in [9.17, 15) is 9.90 Å². The minimum Gasteiger partial charge on any atom is -0.461 e. The summed E-state index contributed by atoms with van der Waals surface area (Å²) in [5, 5.41) is 16.4. The fraction of sp³-hybridized carbons (Fsp3) is 0.467. The first kappa shape index (κ1) is 15.3. The van der Waals surface area contributed by atoms with Crippen molar-refractivity contribution in [2.45, 2.75) is 32.8 Å². The molecule has 0 bridgehead atoms. The molecule has 1 amide bonds.